The number of benzene rings is 1. The summed E-state index contributed by atoms with van der Waals surface area (Å²) in [6, 6.07) is 5.15. The highest BCUT2D eigenvalue weighted by molar-refractivity contribution is 9.10. The lowest BCUT2D eigenvalue weighted by atomic mass is 10.3. The largest absolute Gasteiger partial charge is 0.495 e. The van der Waals surface area contributed by atoms with Gasteiger partial charge in [0.05, 0.1) is 18.0 Å². The predicted octanol–water partition coefficient (Wildman–Crippen LogP) is 2.61. The topological polar surface area (TPSA) is 55.4 Å². The summed E-state index contributed by atoms with van der Waals surface area (Å²) in [6.07, 6.45) is 0. The van der Waals surface area contributed by atoms with Crippen LogP contribution in [0.2, 0.25) is 0 Å². The first-order chi connectivity index (χ1) is 7.36. The van der Waals surface area contributed by atoms with Gasteiger partial charge in [-0.15, -0.1) is 0 Å². The van der Waals surface area contributed by atoms with E-state index in [1.807, 2.05) is 0 Å². The molecule has 0 spiro atoms. The van der Waals surface area contributed by atoms with Gasteiger partial charge in [-0.2, -0.15) is 0 Å². The minimum absolute atomic E-state index is 0.436. The highest BCUT2D eigenvalue weighted by Crippen LogP contribution is 2.29. The molecule has 1 rings (SSSR count). The van der Waals surface area contributed by atoms with Crippen molar-refractivity contribution in [2.45, 2.75) is 19.1 Å². The average Bonchev–Trinajstić information content (AvgIpc) is 2.17. The van der Waals surface area contributed by atoms with E-state index in [-0.39, 0.29) is 0 Å². The average molecular weight is 308 g/mol. The normalized spacial score (nSPS) is 11.6. The van der Waals surface area contributed by atoms with Crippen LogP contribution in [-0.2, 0) is 10.0 Å². The SMILES string of the molecule is COc1ccc(Br)cc1NS(=O)(=O)C(C)C. The molecule has 90 valence electrons. The van der Waals surface area contributed by atoms with Crippen LogP contribution in [-0.4, -0.2) is 20.8 Å². The molecule has 1 aromatic carbocycles. The van der Waals surface area contributed by atoms with E-state index < -0.39 is 15.3 Å². The second kappa shape index (κ2) is 5.05. The standard InChI is InChI=1S/C10H14BrNO3S/c1-7(2)16(13,14)12-9-6-8(11)4-5-10(9)15-3/h4-7,12H,1-3H3. The van der Waals surface area contributed by atoms with Crippen molar-refractivity contribution >= 4 is 31.6 Å². The summed E-state index contributed by atoms with van der Waals surface area (Å²) in [5.41, 5.74) is 0.436. The van der Waals surface area contributed by atoms with Gasteiger partial charge in [0.25, 0.3) is 0 Å². The first-order valence-corrected chi connectivity index (χ1v) is 7.06. The Bertz CT molecular complexity index is 471. The number of hydrogen-bond acceptors (Lipinski definition) is 3. The lowest BCUT2D eigenvalue weighted by Gasteiger charge is -2.13. The number of rotatable bonds is 4. The zero-order valence-corrected chi connectivity index (χ0v) is 11.7. The summed E-state index contributed by atoms with van der Waals surface area (Å²) in [6.45, 7) is 3.24. The fourth-order valence-corrected chi connectivity index (χ4v) is 2.09. The molecule has 0 aliphatic heterocycles. The molecule has 0 bridgehead atoms. The molecule has 16 heavy (non-hydrogen) atoms. The van der Waals surface area contributed by atoms with E-state index in [1.165, 1.54) is 7.11 Å². The Labute approximate surface area is 104 Å². The molecule has 0 heterocycles. The molecule has 6 heteroatoms. The molecule has 0 saturated carbocycles. The van der Waals surface area contributed by atoms with Gasteiger partial charge in [-0.3, -0.25) is 4.72 Å². The van der Waals surface area contributed by atoms with E-state index in [9.17, 15) is 8.42 Å². The maximum Gasteiger partial charge on any atom is 0.235 e. The molecular weight excluding hydrogens is 294 g/mol. The zero-order valence-electron chi connectivity index (χ0n) is 9.32. The van der Waals surface area contributed by atoms with E-state index in [0.717, 1.165) is 4.47 Å². The molecule has 0 atom stereocenters. The Morgan fingerprint density at radius 2 is 2.00 bits per heavy atom. The number of nitrogens with one attached hydrogen (secondary N) is 1. The second-order valence-corrected chi connectivity index (χ2v) is 6.69. The maximum atomic E-state index is 11.7. The van der Waals surface area contributed by atoms with Crippen LogP contribution >= 0.6 is 15.9 Å². The van der Waals surface area contributed by atoms with Crippen LogP contribution in [0.1, 0.15) is 13.8 Å². The number of hydrogen-bond donors (Lipinski definition) is 1. The zero-order chi connectivity index (χ0) is 12.3. The number of ether oxygens (including phenoxy) is 1. The molecule has 0 aliphatic rings. The number of halogens is 1. The molecule has 1 N–H and O–H groups in total. The van der Waals surface area contributed by atoms with Crippen molar-refractivity contribution in [1.82, 2.24) is 0 Å². The van der Waals surface area contributed by atoms with Crippen molar-refractivity contribution in [1.29, 1.82) is 0 Å². The summed E-state index contributed by atoms with van der Waals surface area (Å²) in [4.78, 5) is 0. The highest BCUT2D eigenvalue weighted by atomic mass is 79.9. The van der Waals surface area contributed by atoms with Crippen LogP contribution in [0.5, 0.6) is 5.75 Å². The Balaban J connectivity index is 3.10. The monoisotopic (exact) mass is 307 g/mol. The molecular formula is C10H14BrNO3S. The Morgan fingerprint density at radius 1 is 1.38 bits per heavy atom. The third-order valence-corrected chi connectivity index (χ3v) is 4.27. The molecule has 0 aromatic heterocycles. The van der Waals surface area contributed by atoms with Gasteiger partial charge in [-0.05, 0) is 32.0 Å². The van der Waals surface area contributed by atoms with Gasteiger partial charge >= 0.3 is 0 Å². The lowest BCUT2D eigenvalue weighted by molar-refractivity contribution is 0.417. The Hall–Kier alpha value is -0.750. The summed E-state index contributed by atoms with van der Waals surface area (Å²) < 4.78 is 31.8. The fourth-order valence-electron chi connectivity index (χ4n) is 1.03. The number of methoxy groups -OCH3 is 1. The summed E-state index contributed by atoms with van der Waals surface area (Å²) in [5.74, 6) is 0.493. The lowest BCUT2D eigenvalue weighted by Crippen LogP contribution is -2.22. The third kappa shape index (κ3) is 3.12. The first kappa shape index (κ1) is 13.3. The van der Waals surface area contributed by atoms with Crippen molar-refractivity contribution < 1.29 is 13.2 Å². The molecule has 0 fully saturated rings. The van der Waals surface area contributed by atoms with Crippen molar-refractivity contribution in [3.8, 4) is 5.75 Å². The van der Waals surface area contributed by atoms with Gasteiger partial charge in [0.2, 0.25) is 10.0 Å². The number of sulfonamides is 1. The van der Waals surface area contributed by atoms with Crippen LogP contribution < -0.4 is 9.46 Å². The minimum atomic E-state index is -3.35. The Kier molecular flexibility index (Phi) is 4.21. The highest BCUT2D eigenvalue weighted by Gasteiger charge is 2.17. The summed E-state index contributed by atoms with van der Waals surface area (Å²) in [7, 11) is -1.85. The fraction of sp³-hybridized carbons (Fsp3) is 0.400. The summed E-state index contributed by atoms with van der Waals surface area (Å²) >= 11 is 3.28. The van der Waals surface area contributed by atoms with Crippen molar-refractivity contribution in [2.75, 3.05) is 11.8 Å². The van der Waals surface area contributed by atoms with Gasteiger partial charge in [-0.25, -0.2) is 8.42 Å². The van der Waals surface area contributed by atoms with E-state index in [4.69, 9.17) is 4.74 Å². The van der Waals surface area contributed by atoms with Crippen LogP contribution in [0.4, 0.5) is 5.69 Å². The molecule has 0 unspecified atom stereocenters. The maximum absolute atomic E-state index is 11.7. The smallest absolute Gasteiger partial charge is 0.235 e. The second-order valence-electron chi connectivity index (χ2n) is 3.54. The van der Waals surface area contributed by atoms with Crippen LogP contribution in [0, 0.1) is 0 Å². The van der Waals surface area contributed by atoms with Gasteiger partial charge < -0.3 is 4.74 Å². The predicted molar refractivity (Wildman–Crippen MR) is 68.4 cm³/mol. The van der Waals surface area contributed by atoms with Crippen molar-refractivity contribution in [2.24, 2.45) is 0 Å². The molecule has 1 aromatic rings. The quantitative estimate of drug-likeness (QED) is 0.930. The molecule has 0 saturated heterocycles. The van der Waals surface area contributed by atoms with E-state index >= 15 is 0 Å². The molecule has 0 aliphatic carbocycles. The van der Waals surface area contributed by atoms with Crippen molar-refractivity contribution in [3.05, 3.63) is 22.7 Å². The van der Waals surface area contributed by atoms with Crippen LogP contribution in [0.3, 0.4) is 0 Å². The van der Waals surface area contributed by atoms with E-state index in [2.05, 4.69) is 20.7 Å². The third-order valence-electron chi connectivity index (χ3n) is 2.03. The van der Waals surface area contributed by atoms with Gasteiger partial charge in [0.15, 0.2) is 0 Å². The van der Waals surface area contributed by atoms with Gasteiger partial charge in [-0.1, -0.05) is 15.9 Å². The van der Waals surface area contributed by atoms with Crippen molar-refractivity contribution in [3.63, 3.8) is 0 Å². The van der Waals surface area contributed by atoms with E-state index in [1.54, 1.807) is 32.0 Å². The van der Waals surface area contributed by atoms with E-state index in [0.29, 0.717) is 11.4 Å². The Morgan fingerprint density at radius 3 is 2.50 bits per heavy atom. The van der Waals surface area contributed by atoms with Crippen LogP contribution in [0.25, 0.3) is 0 Å². The summed E-state index contributed by atoms with van der Waals surface area (Å²) in [5, 5.41) is -0.490. The molecule has 0 radical (unpaired) electrons. The van der Waals surface area contributed by atoms with Crippen LogP contribution in [0.15, 0.2) is 22.7 Å². The minimum Gasteiger partial charge on any atom is -0.495 e. The van der Waals surface area contributed by atoms with Gasteiger partial charge in [0.1, 0.15) is 5.75 Å². The first-order valence-electron chi connectivity index (χ1n) is 4.72. The number of anilines is 1. The van der Waals surface area contributed by atoms with Gasteiger partial charge in [0, 0.05) is 4.47 Å². The molecule has 4 nitrogen and oxygen atoms in total. The molecule has 0 amide bonds.